The summed E-state index contributed by atoms with van der Waals surface area (Å²) in [7, 11) is 1.34. The maximum atomic E-state index is 13.2. The summed E-state index contributed by atoms with van der Waals surface area (Å²) in [5, 5.41) is 0. The number of ether oxygens (including phenoxy) is 10. The van der Waals surface area contributed by atoms with Crippen LogP contribution in [0, 0.1) is 0 Å². The van der Waals surface area contributed by atoms with Gasteiger partial charge in [0.1, 0.15) is 39.6 Å². The molecular formula is C89H156N4O28. The summed E-state index contributed by atoms with van der Waals surface area (Å²) in [6.07, 6.45) is 30.1. The Balaban J connectivity index is 5.34. The fraction of sp³-hybridized carbons (Fsp3) is 0.843. The number of carbonyl (C=O) groups excluding carboxylic acids is 14. The molecule has 0 aromatic carbocycles. The Morgan fingerprint density at radius 1 is 0.182 bits per heavy atom. The van der Waals surface area contributed by atoms with E-state index in [-0.39, 0.29) is 134 Å². The van der Waals surface area contributed by atoms with Gasteiger partial charge in [-0.25, -0.2) is 0 Å². The molecule has 32 heteroatoms. The molecular weight excluding hydrogens is 1570 g/mol. The van der Waals surface area contributed by atoms with Crippen molar-refractivity contribution in [3.05, 3.63) is 0 Å². The quantitative estimate of drug-likeness (QED) is 0.0190. The van der Waals surface area contributed by atoms with Crippen molar-refractivity contribution in [2.75, 3.05) is 72.9 Å². The lowest BCUT2D eigenvalue weighted by Gasteiger charge is -2.18. The average molecular weight is 1730 g/mol. The number of esters is 10. The van der Waals surface area contributed by atoms with Crippen LogP contribution in [0.3, 0.4) is 0 Å². The van der Waals surface area contributed by atoms with Crippen LogP contribution in [-0.2, 0) is 134 Å². The molecule has 3 unspecified atom stereocenters. The number of carbonyl (C=O) groups is 14. The van der Waals surface area contributed by atoms with E-state index >= 15 is 0 Å². The normalized spacial score (nSPS) is 11.7. The fourth-order valence-corrected chi connectivity index (χ4v) is 11.9. The largest absolute Gasteiger partial charge is 0.469 e. The van der Waals surface area contributed by atoms with Gasteiger partial charge in [-0.2, -0.15) is 21.9 Å². The van der Waals surface area contributed by atoms with Crippen LogP contribution in [0.25, 0.3) is 0 Å². The van der Waals surface area contributed by atoms with Gasteiger partial charge < -0.3 is 66.7 Å². The van der Waals surface area contributed by atoms with E-state index in [1.165, 1.54) is 7.11 Å². The lowest BCUT2D eigenvalue weighted by molar-refractivity contribution is -0.167. The predicted molar refractivity (Wildman–Crippen MR) is 450 cm³/mol. The molecule has 0 fully saturated rings. The molecule has 3 atom stereocenters. The molecule has 0 saturated heterocycles. The zero-order valence-electron chi connectivity index (χ0n) is 74.5. The summed E-state index contributed by atoms with van der Waals surface area (Å²) in [6.45, 7) is 8.69. The Kier molecular flexibility index (Phi) is 79.3. The Labute approximate surface area is 721 Å². The molecule has 0 radical (unpaired) electrons. The number of hydrogen-bond acceptors (Lipinski definition) is 32. The maximum absolute atomic E-state index is 13.2. The van der Waals surface area contributed by atoms with Crippen LogP contribution < -0.4 is 21.9 Å². The molecule has 0 amide bonds. The van der Waals surface area contributed by atoms with Gasteiger partial charge in [0, 0.05) is 116 Å². The molecule has 0 saturated carbocycles. The monoisotopic (exact) mass is 1730 g/mol. The summed E-state index contributed by atoms with van der Waals surface area (Å²) in [5.41, 5.74) is 10.7. The van der Waals surface area contributed by atoms with Gasteiger partial charge in [0.05, 0.1) is 7.11 Å². The van der Waals surface area contributed by atoms with E-state index in [1.807, 2.05) is 27.7 Å². The van der Waals surface area contributed by atoms with Crippen molar-refractivity contribution in [1.29, 1.82) is 0 Å². The van der Waals surface area contributed by atoms with E-state index in [2.05, 4.69) is 26.7 Å². The molecule has 32 nitrogen and oxygen atoms in total. The van der Waals surface area contributed by atoms with Crippen molar-refractivity contribution in [2.45, 2.75) is 412 Å². The lowest BCUT2D eigenvalue weighted by atomic mass is 10.1. The minimum absolute atomic E-state index is 0.0193. The summed E-state index contributed by atoms with van der Waals surface area (Å²) in [5.74, 6) is -6.23. The SMILES string of the molecule is CCCCNOC(=O)CCCCCCCC(=O)OCC(COC(=O)CCCCCCCC(=O)OCC(COC(=O)CCCCCCCC(=O)OC)OC(=O)CCCCCCCC(=O)OCC(COC(=O)CCCCCCCC(=O)ONCCCC)OC(=O)CCCCCCCC(=O)ONCCCC)OC(=O)CCCCCCCC(=O)ONCCCC. The molecule has 4 N–H and O–H groups in total. The van der Waals surface area contributed by atoms with Crippen molar-refractivity contribution in [3.8, 4) is 0 Å². The lowest BCUT2D eigenvalue weighted by Crippen LogP contribution is -2.31. The number of hydrogen-bond donors (Lipinski definition) is 4. The van der Waals surface area contributed by atoms with E-state index < -0.39 is 72.0 Å². The van der Waals surface area contributed by atoms with Crippen molar-refractivity contribution < 1.29 is 134 Å². The molecule has 0 aromatic rings. The molecule has 0 bridgehead atoms. The smallest absolute Gasteiger partial charge is 0.324 e. The third kappa shape index (κ3) is 80.6. The highest BCUT2D eigenvalue weighted by Gasteiger charge is 2.24. The molecule has 0 aliphatic carbocycles. The van der Waals surface area contributed by atoms with E-state index in [0.717, 1.165) is 148 Å². The number of rotatable bonds is 87. The number of unbranched alkanes of at least 4 members (excludes halogenated alkanes) is 32. The van der Waals surface area contributed by atoms with E-state index in [1.54, 1.807) is 0 Å². The van der Waals surface area contributed by atoms with Crippen LogP contribution in [-0.4, -0.2) is 175 Å². The molecule has 0 aliphatic heterocycles. The zero-order valence-corrected chi connectivity index (χ0v) is 74.5. The number of hydroxylamine groups is 4. The first-order valence-corrected chi connectivity index (χ1v) is 46.0. The minimum atomic E-state index is -1.08. The molecule has 0 rings (SSSR count). The van der Waals surface area contributed by atoms with Gasteiger partial charge in [-0.1, -0.05) is 188 Å². The van der Waals surface area contributed by atoms with Crippen molar-refractivity contribution in [3.63, 3.8) is 0 Å². The molecule has 0 aliphatic rings. The summed E-state index contributed by atoms with van der Waals surface area (Å²) >= 11 is 0. The summed E-state index contributed by atoms with van der Waals surface area (Å²) < 4.78 is 54.6. The highest BCUT2D eigenvalue weighted by atomic mass is 16.7. The Bertz CT molecular complexity index is 2720. The summed E-state index contributed by atoms with van der Waals surface area (Å²) in [4.78, 5) is 196. The molecule has 121 heavy (non-hydrogen) atoms. The van der Waals surface area contributed by atoms with Crippen molar-refractivity contribution in [2.24, 2.45) is 0 Å². The Morgan fingerprint density at radius 2 is 0.322 bits per heavy atom. The first kappa shape index (κ1) is 113. The van der Waals surface area contributed by atoms with E-state index in [0.29, 0.717) is 180 Å². The van der Waals surface area contributed by atoms with Crippen molar-refractivity contribution >= 4 is 83.6 Å². The first-order chi connectivity index (χ1) is 58.7. The third-order valence-electron chi connectivity index (χ3n) is 19.3. The topological polar surface area (TPSA) is 416 Å². The average Bonchev–Trinajstić information content (AvgIpc) is 0.948. The van der Waals surface area contributed by atoms with Crippen molar-refractivity contribution in [1.82, 2.24) is 21.9 Å². The minimum Gasteiger partial charge on any atom is -0.469 e. The Morgan fingerprint density at radius 3 is 0.479 bits per heavy atom. The van der Waals surface area contributed by atoms with E-state index in [9.17, 15) is 67.1 Å². The van der Waals surface area contributed by atoms with Gasteiger partial charge in [-0.05, 0) is 116 Å². The van der Waals surface area contributed by atoms with Crippen LogP contribution in [0.2, 0.25) is 0 Å². The van der Waals surface area contributed by atoms with Gasteiger partial charge in [-0.15, -0.1) is 0 Å². The second-order valence-electron chi connectivity index (χ2n) is 30.8. The van der Waals surface area contributed by atoms with Gasteiger partial charge in [0.2, 0.25) is 0 Å². The van der Waals surface area contributed by atoms with Crippen LogP contribution in [0.5, 0.6) is 0 Å². The highest BCUT2D eigenvalue weighted by molar-refractivity contribution is 5.74. The summed E-state index contributed by atoms with van der Waals surface area (Å²) in [6, 6.07) is 0. The van der Waals surface area contributed by atoms with Crippen LogP contribution in [0.15, 0.2) is 0 Å². The van der Waals surface area contributed by atoms with Gasteiger partial charge in [0.25, 0.3) is 0 Å². The van der Waals surface area contributed by atoms with Gasteiger partial charge >= 0.3 is 83.6 Å². The molecule has 0 aromatic heterocycles. The van der Waals surface area contributed by atoms with Crippen LogP contribution in [0.4, 0.5) is 0 Å². The Hall–Kier alpha value is -7.58. The van der Waals surface area contributed by atoms with Crippen LogP contribution >= 0.6 is 0 Å². The molecule has 0 heterocycles. The molecule has 700 valence electrons. The predicted octanol–water partition coefficient (Wildman–Crippen LogP) is 15.7. The maximum Gasteiger partial charge on any atom is 0.324 e. The fourth-order valence-electron chi connectivity index (χ4n) is 11.9. The zero-order chi connectivity index (χ0) is 88.9. The van der Waals surface area contributed by atoms with Crippen LogP contribution in [0.1, 0.15) is 394 Å². The number of nitrogens with one attached hydrogen (secondary N) is 4. The van der Waals surface area contributed by atoms with Gasteiger partial charge in [-0.3, -0.25) is 67.1 Å². The number of methoxy groups -OCH3 is 1. The second kappa shape index (κ2) is 84.6. The standard InChI is InChI=1S/C89H156N4O28/c1-6-10-63-90-118-86(104)59-45-31-17-26-40-54-81(99)113-71-74(116-84(102)57-43-29-19-33-47-61-88(106)120-92-65-12-8-3)69-111-79(97)52-38-24-15-23-37-51-78(96)110-68-73(67-109-77(95)50-36-22-14-21-35-49-76(94)108-5)115-83(101)56-42-28-16-25-39-53-80(98)112-70-75(117-85(103)58-44-30-20-34-48-62-89(107)121-93-66-13-9-4)72-114-82(100)55-41-27-18-32-46-60-87(105)119-91-64-11-7-2/h73-75,90-93H,6-72H2,1-5H3. The van der Waals surface area contributed by atoms with E-state index in [4.69, 9.17) is 62.0 Å². The second-order valence-corrected chi connectivity index (χ2v) is 30.8. The van der Waals surface area contributed by atoms with Gasteiger partial charge in [0.15, 0.2) is 18.3 Å². The molecule has 0 spiro atoms. The first-order valence-electron chi connectivity index (χ1n) is 46.0. The third-order valence-corrected chi connectivity index (χ3v) is 19.3. The highest BCUT2D eigenvalue weighted by Crippen LogP contribution is 2.18.